The molecular formula is C27H26N2O5. The van der Waals surface area contributed by atoms with Gasteiger partial charge in [0.05, 0.1) is 7.11 Å². The second-order valence-electron chi connectivity index (χ2n) is 7.87. The molecule has 1 aliphatic rings. The van der Waals surface area contributed by atoms with E-state index in [1.165, 1.54) is 18.9 Å². The van der Waals surface area contributed by atoms with Crippen molar-refractivity contribution in [3.8, 4) is 11.5 Å². The van der Waals surface area contributed by atoms with Gasteiger partial charge in [-0.1, -0.05) is 54.6 Å². The summed E-state index contributed by atoms with van der Waals surface area (Å²) in [5, 5.41) is 5.98. The maximum atomic E-state index is 12.6. The molecule has 174 valence electrons. The molecule has 0 spiro atoms. The Morgan fingerprint density at radius 1 is 0.912 bits per heavy atom. The molecule has 7 nitrogen and oxygen atoms in total. The van der Waals surface area contributed by atoms with Gasteiger partial charge in [0.2, 0.25) is 5.91 Å². The molecule has 3 aromatic rings. The van der Waals surface area contributed by atoms with Gasteiger partial charge in [0.25, 0.3) is 0 Å². The molecule has 1 amide bonds. The number of hydrogen-bond donors (Lipinski definition) is 0. The van der Waals surface area contributed by atoms with Crippen molar-refractivity contribution in [2.24, 2.45) is 5.10 Å². The monoisotopic (exact) mass is 458 g/mol. The second-order valence-corrected chi connectivity index (χ2v) is 7.87. The highest BCUT2D eigenvalue weighted by Crippen LogP contribution is 2.38. The Morgan fingerprint density at radius 2 is 1.59 bits per heavy atom. The molecule has 0 aliphatic carbocycles. The molecule has 0 saturated heterocycles. The molecule has 1 aliphatic heterocycles. The lowest BCUT2D eigenvalue weighted by molar-refractivity contribution is -0.147. The summed E-state index contributed by atoms with van der Waals surface area (Å²) in [7, 11) is 1.59. The fourth-order valence-electron chi connectivity index (χ4n) is 3.94. The molecule has 0 saturated carbocycles. The summed E-state index contributed by atoms with van der Waals surface area (Å²) in [6, 6.07) is 23.9. The topological polar surface area (TPSA) is 77.4 Å². The van der Waals surface area contributed by atoms with Crippen molar-refractivity contribution in [1.29, 1.82) is 0 Å². The molecule has 4 rings (SSSR count). The van der Waals surface area contributed by atoms with Crippen LogP contribution in [0.15, 0.2) is 84.0 Å². The summed E-state index contributed by atoms with van der Waals surface area (Å²) in [5.74, 6) is 0.530. The third-order valence-electron chi connectivity index (χ3n) is 5.51. The molecule has 34 heavy (non-hydrogen) atoms. The van der Waals surface area contributed by atoms with Crippen LogP contribution in [0.5, 0.6) is 11.5 Å². The predicted octanol–water partition coefficient (Wildman–Crippen LogP) is 4.51. The summed E-state index contributed by atoms with van der Waals surface area (Å²) in [4.78, 5) is 24.7. The quantitative estimate of drug-likeness (QED) is 0.487. The number of esters is 1. The number of benzene rings is 3. The first kappa shape index (κ1) is 23.0. The van der Waals surface area contributed by atoms with Gasteiger partial charge < -0.3 is 14.2 Å². The Kier molecular flexibility index (Phi) is 6.92. The Balaban J connectivity index is 1.73. The summed E-state index contributed by atoms with van der Waals surface area (Å²) in [6.07, 6.45) is -0.809. The maximum Gasteiger partial charge on any atom is 0.303 e. The highest BCUT2D eigenvalue weighted by Gasteiger charge is 2.44. The van der Waals surface area contributed by atoms with Gasteiger partial charge in [-0.25, -0.2) is 5.01 Å². The lowest BCUT2D eigenvalue weighted by Crippen LogP contribution is -2.35. The molecule has 1 heterocycles. The normalized spacial score (nSPS) is 17.1. The van der Waals surface area contributed by atoms with Crippen LogP contribution in [0.3, 0.4) is 0 Å². The van der Waals surface area contributed by atoms with Gasteiger partial charge in [-0.05, 0) is 35.4 Å². The average molecular weight is 459 g/mol. The lowest BCUT2D eigenvalue weighted by Gasteiger charge is -2.26. The highest BCUT2D eigenvalue weighted by molar-refractivity contribution is 6.09. The largest absolute Gasteiger partial charge is 0.497 e. The van der Waals surface area contributed by atoms with E-state index in [1.54, 1.807) is 19.2 Å². The molecular weight excluding hydrogens is 432 g/mol. The second kappa shape index (κ2) is 10.2. The van der Waals surface area contributed by atoms with Crippen LogP contribution in [-0.2, 0) is 20.9 Å². The van der Waals surface area contributed by atoms with E-state index in [1.807, 2.05) is 66.7 Å². The van der Waals surface area contributed by atoms with Crippen LogP contribution < -0.4 is 9.47 Å². The summed E-state index contributed by atoms with van der Waals surface area (Å²) in [5.41, 5.74) is 2.90. The van der Waals surface area contributed by atoms with E-state index < -0.39 is 18.1 Å². The van der Waals surface area contributed by atoms with Crippen molar-refractivity contribution >= 4 is 17.6 Å². The Hall–Kier alpha value is -4.13. The zero-order valence-corrected chi connectivity index (χ0v) is 19.3. The van der Waals surface area contributed by atoms with Crippen molar-refractivity contribution in [1.82, 2.24) is 5.01 Å². The van der Waals surface area contributed by atoms with E-state index >= 15 is 0 Å². The minimum Gasteiger partial charge on any atom is -0.497 e. The highest BCUT2D eigenvalue weighted by atomic mass is 16.5. The molecule has 0 N–H and O–H groups in total. The van der Waals surface area contributed by atoms with E-state index in [4.69, 9.17) is 14.2 Å². The Morgan fingerprint density at radius 3 is 2.24 bits per heavy atom. The van der Waals surface area contributed by atoms with Crippen molar-refractivity contribution in [3.05, 3.63) is 95.6 Å². The van der Waals surface area contributed by atoms with E-state index in [2.05, 4.69) is 5.10 Å². The number of hydrogen-bond acceptors (Lipinski definition) is 6. The van der Waals surface area contributed by atoms with Crippen LogP contribution in [0.25, 0.3) is 0 Å². The zero-order valence-electron chi connectivity index (χ0n) is 19.3. The molecule has 0 unspecified atom stereocenters. The van der Waals surface area contributed by atoms with Crippen LogP contribution in [0, 0.1) is 0 Å². The fourth-order valence-corrected chi connectivity index (χ4v) is 3.94. The summed E-state index contributed by atoms with van der Waals surface area (Å²) >= 11 is 0. The first-order valence-electron chi connectivity index (χ1n) is 10.9. The van der Waals surface area contributed by atoms with E-state index in [-0.39, 0.29) is 5.91 Å². The number of carbonyl (C=O) groups excluding carboxylic acids is 2. The van der Waals surface area contributed by atoms with Gasteiger partial charge in [-0.2, -0.15) is 5.10 Å². The summed E-state index contributed by atoms with van der Waals surface area (Å²) < 4.78 is 17.1. The van der Waals surface area contributed by atoms with Crippen molar-refractivity contribution in [2.45, 2.75) is 32.6 Å². The Labute approximate surface area is 198 Å². The van der Waals surface area contributed by atoms with Gasteiger partial charge in [-0.15, -0.1) is 0 Å². The Bertz CT molecular complexity index is 1190. The number of carbonyl (C=O) groups is 2. The number of nitrogens with zero attached hydrogens (tertiary/aromatic N) is 2. The van der Waals surface area contributed by atoms with Crippen molar-refractivity contribution < 1.29 is 23.8 Å². The molecule has 3 aromatic carbocycles. The van der Waals surface area contributed by atoms with Crippen LogP contribution >= 0.6 is 0 Å². The number of methoxy groups -OCH3 is 1. The number of ether oxygens (including phenoxy) is 3. The van der Waals surface area contributed by atoms with Crippen molar-refractivity contribution in [3.63, 3.8) is 0 Å². The van der Waals surface area contributed by atoms with Crippen LogP contribution in [0.4, 0.5) is 0 Å². The fraction of sp³-hybridized carbons (Fsp3) is 0.222. The number of amides is 1. The zero-order chi connectivity index (χ0) is 24.1. The van der Waals surface area contributed by atoms with Crippen LogP contribution in [0.2, 0.25) is 0 Å². The summed E-state index contributed by atoms with van der Waals surface area (Å²) in [6.45, 7) is 3.14. The van der Waals surface area contributed by atoms with Gasteiger partial charge in [0.1, 0.15) is 29.9 Å². The predicted molar refractivity (Wildman–Crippen MR) is 128 cm³/mol. The maximum absolute atomic E-state index is 12.6. The standard InChI is InChI=1S/C27H26N2O5/c1-18(30)29-26(21-13-15-22(32-3)16-14-21)27(34-19(2)31)25(28-29)23-11-7-8-12-24(23)33-17-20-9-5-4-6-10-20/h4-16,26-27H,17H2,1-3H3/t26-,27+/m0/s1. The van der Waals surface area contributed by atoms with E-state index in [0.717, 1.165) is 11.1 Å². The van der Waals surface area contributed by atoms with Gasteiger partial charge >= 0.3 is 5.97 Å². The van der Waals surface area contributed by atoms with Gasteiger partial charge in [0, 0.05) is 19.4 Å². The SMILES string of the molecule is COc1ccc([C@H]2[C@H](OC(C)=O)C(c3ccccc3OCc3ccccc3)=NN2C(C)=O)cc1. The molecule has 0 fully saturated rings. The van der Waals surface area contributed by atoms with Crippen LogP contribution in [-0.4, -0.2) is 35.8 Å². The number of hydrazone groups is 1. The lowest BCUT2D eigenvalue weighted by atomic mass is 9.94. The first-order valence-corrected chi connectivity index (χ1v) is 10.9. The molecule has 0 aromatic heterocycles. The average Bonchev–Trinajstić information content (AvgIpc) is 3.22. The van der Waals surface area contributed by atoms with Gasteiger partial charge in [-0.3, -0.25) is 9.59 Å². The molecule has 7 heteroatoms. The van der Waals surface area contributed by atoms with Crippen molar-refractivity contribution in [2.75, 3.05) is 7.11 Å². The first-order chi connectivity index (χ1) is 16.5. The van der Waals surface area contributed by atoms with Gasteiger partial charge in [0.15, 0.2) is 6.10 Å². The van der Waals surface area contributed by atoms with E-state index in [0.29, 0.717) is 29.4 Å². The third kappa shape index (κ3) is 4.93. The number of para-hydroxylation sites is 1. The minimum atomic E-state index is -0.809. The smallest absolute Gasteiger partial charge is 0.303 e. The number of rotatable bonds is 7. The molecule has 0 bridgehead atoms. The molecule has 2 atom stereocenters. The van der Waals surface area contributed by atoms with E-state index in [9.17, 15) is 9.59 Å². The minimum absolute atomic E-state index is 0.268. The van der Waals surface area contributed by atoms with Crippen LogP contribution in [0.1, 0.15) is 36.6 Å². The molecule has 0 radical (unpaired) electrons. The third-order valence-corrected chi connectivity index (χ3v) is 5.51.